The summed E-state index contributed by atoms with van der Waals surface area (Å²) in [6.07, 6.45) is 5.34. The molecule has 0 amide bonds. The van der Waals surface area contributed by atoms with Gasteiger partial charge in [-0.3, -0.25) is 0 Å². The van der Waals surface area contributed by atoms with Crippen LogP contribution in [0.15, 0.2) is 60.7 Å². The highest BCUT2D eigenvalue weighted by Gasteiger charge is 2.20. The van der Waals surface area contributed by atoms with Crippen LogP contribution in [0.5, 0.6) is 0 Å². The van der Waals surface area contributed by atoms with Crippen LogP contribution in [0.2, 0.25) is 0 Å². The molecule has 0 aliphatic carbocycles. The lowest BCUT2D eigenvalue weighted by molar-refractivity contribution is 0.0498. The molecule has 31 heavy (non-hydrogen) atoms. The van der Waals surface area contributed by atoms with E-state index in [1.165, 1.54) is 37.0 Å². The Morgan fingerprint density at radius 1 is 0.742 bits per heavy atom. The maximum atomic E-state index is 14.6. The molecule has 0 spiro atoms. The van der Waals surface area contributed by atoms with Crippen LogP contribution in [0, 0.1) is 11.6 Å². The summed E-state index contributed by atoms with van der Waals surface area (Å²) in [6, 6.07) is 18.5. The first-order valence-electron chi connectivity index (χ1n) is 10.9. The predicted molar refractivity (Wildman–Crippen MR) is 121 cm³/mol. The largest absolute Gasteiger partial charge is 0.462 e. The zero-order valence-corrected chi connectivity index (χ0v) is 18.1. The minimum absolute atomic E-state index is 0.113. The third-order valence-corrected chi connectivity index (χ3v) is 5.29. The van der Waals surface area contributed by atoms with E-state index in [-0.39, 0.29) is 17.7 Å². The molecule has 0 radical (unpaired) electrons. The second-order valence-electron chi connectivity index (χ2n) is 7.66. The highest BCUT2D eigenvalue weighted by Crippen LogP contribution is 2.29. The molecule has 0 aliphatic rings. The number of carbonyl (C=O) groups excluding carboxylic acids is 1. The van der Waals surface area contributed by atoms with E-state index < -0.39 is 17.6 Å². The fraction of sp³-hybridized carbons (Fsp3) is 0.296. The van der Waals surface area contributed by atoms with E-state index in [4.69, 9.17) is 4.74 Å². The fourth-order valence-electron chi connectivity index (χ4n) is 3.49. The van der Waals surface area contributed by atoms with Crippen molar-refractivity contribution < 1.29 is 18.3 Å². The van der Waals surface area contributed by atoms with Crippen LogP contribution < -0.4 is 0 Å². The summed E-state index contributed by atoms with van der Waals surface area (Å²) in [5.41, 5.74) is 3.68. The number of rotatable bonds is 9. The molecule has 0 saturated carbocycles. The number of halogens is 2. The van der Waals surface area contributed by atoms with Crippen molar-refractivity contribution >= 4 is 5.97 Å². The summed E-state index contributed by atoms with van der Waals surface area (Å²) in [4.78, 5) is 11.9. The molecule has 3 aromatic rings. The molecule has 0 aromatic heterocycles. The standard InChI is InChI=1S/C27H28F2O2/c1-3-5-6-7-19-8-10-20(11-9-19)21-12-14-22(15-13-21)23-16-17-24(26(29)25(23)28)27(30)31-18-4-2/h8-17H,3-7,18H2,1-2H3. The molecule has 0 heterocycles. The maximum Gasteiger partial charge on any atom is 0.341 e. The van der Waals surface area contributed by atoms with Crippen LogP contribution in [0.4, 0.5) is 8.78 Å². The van der Waals surface area contributed by atoms with Crippen molar-refractivity contribution in [2.24, 2.45) is 0 Å². The Bertz CT molecular complexity index is 1010. The molecule has 162 valence electrons. The quantitative estimate of drug-likeness (QED) is 0.262. The molecule has 2 nitrogen and oxygen atoms in total. The van der Waals surface area contributed by atoms with Gasteiger partial charge < -0.3 is 4.74 Å². The number of hydrogen-bond acceptors (Lipinski definition) is 2. The summed E-state index contributed by atoms with van der Waals surface area (Å²) in [7, 11) is 0. The number of hydrogen-bond donors (Lipinski definition) is 0. The lowest BCUT2D eigenvalue weighted by Gasteiger charge is -2.10. The number of carbonyl (C=O) groups is 1. The summed E-state index contributed by atoms with van der Waals surface area (Å²) in [5, 5.41) is 0. The number of esters is 1. The van der Waals surface area contributed by atoms with E-state index in [0.717, 1.165) is 17.5 Å². The minimum Gasteiger partial charge on any atom is -0.462 e. The summed E-state index contributed by atoms with van der Waals surface area (Å²) >= 11 is 0. The van der Waals surface area contributed by atoms with Gasteiger partial charge in [0.05, 0.1) is 12.2 Å². The van der Waals surface area contributed by atoms with Gasteiger partial charge in [-0.25, -0.2) is 13.6 Å². The Hall–Kier alpha value is -3.01. The maximum absolute atomic E-state index is 14.6. The fourth-order valence-corrected chi connectivity index (χ4v) is 3.49. The molecule has 3 rings (SSSR count). The lowest BCUT2D eigenvalue weighted by Crippen LogP contribution is -2.10. The first-order valence-corrected chi connectivity index (χ1v) is 10.9. The van der Waals surface area contributed by atoms with Crippen LogP contribution in [-0.4, -0.2) is 12.6 Å². The normalized spacial score (nSPS) is 10.8. The van der Waals surface area contributed by atoms with E-state index >= 15 is 0 Å². The zero-order valence-electron chi connectivity index (χ0n) is 18.1. The molecule has 0 aliphatic heterocycles. The average molecular weight is 423 g/mol. The highest BCUT2D eigenvalue weighted by molar-refractivity contribution is 5.90. The molecule has 0 atom stereocenters. The van der Waals surface area contributed by atoms with Crippen LogP contribution >= 0.6 is 0 Å². The second kappa shape index (κ2) is 10.9. The summed E-state index contributed by atoms with van der Waals surface area (Å²) < 4.78 is 34.0. The van der Waals surface area contributed by atoms with Crippen LogP contribution in [0.25, 0.3) is 22.3 Å². The van der Waals surface area contributed by atoms with Crippen molar-refractivity contribution in [1.29, 1.82) is 0 Å². The van der Waals surface area contributed by atoms with Gasteiger partial charge in [0.25, 0.3) is 0 Å². The van der Waals surface area contributed by atoms with Gasteiger partial charge in [-0.2, -0.15) is 0 Å². The summed E-state index contributed by atoms with van der Waals surface area (Å²) in [5.74, 6) is -3.07. The monoisotopic (exact) mass is 422 g/mol. The Morgan fingerprint density at radius 2 is 1.35 bits per heavy atom. The molecule has 0 fully saturated rings. The first-order chi connectivity index (χ1) is 15.0. The third-order valence-electron chi connectivity index (χ3n) is 5.29. The first kappa shape index (κ1) is 22.7. The van der Waals surface area contributed by atoms with Gasteiger partial charge in [0.15, 0.2) is 11.6 Å². The zero-order chi connectivity index (χ0) is 22.2. The summed E-state index contributed by atoms with van der Waals surface area (Å²) in [6.45, 7) is 4.20. The molecule has 0 unspecified atom stereocenters. The molecular weight excluding hydrogens is 394 g/mol. The van der Waals surface area contributed by atoms with Crippen molar-refractivity contribution in [3.05, 3.63) is 83.4 Å². The number of ether oxygens (including phenoxy) is 1. The van der Waals surface area contributed by atoms with E-state index in [9.17, 15) is 13.6 Å². The number of aryl methyl sites for hydroxylation is 1. The number of benzene rings is 3. The molecule has 3 aromatic carbocycles. The molecule has 4 heteroatoms. The SMILES string of the molecule is CCCCCc1ccc(-c2ccc(-c3ccc(C(=O)OCCC)c(F)c3F)cc2)cc1. The van der Waals surface area contributed by atoms with Crippen molar-refractivity contribution in [3.63, 3.8) is 0 Å². The van der Waals surface area contributed by atoms with Crippen molar-refractivity contribution in [2.75, 3.05) is 6.61 Å². The van der Waals surface area contributed by atoms with Gasteiger partial charge in [-0.05, 0) is 47.6 Å². The topological polar surface area (TPSA) is 26.3 Å². The number of unbranched alkanes of at least 4 members (excludes halogenated alkanes) is 2. The molecule has 0 N–H and O–H groups in total. The van der Waals surface area contributed by atoms with E-state index in [1.807, 2.05) is 19.1 Å². The molecular formula is C27H28F2O2. The van der Waals surface area contributed by atoms with Gasteiger partial charge in [0.1, 0.15) is 0 Å². The van der Waals surface area contributed by atoms with Gasteiger partial charge in [0, 0.05) is 5.56 Å². The van der Waals surface area contributed by atoms with Gasteiger partial charge in [-0.1, -0.05) is 81.3 Å². The predicted octanol–water partition coefficient (Wildman–Crippen LogP) is 7.60. The van der Waals surface area contributed by atoms with E-state index in [2.05, 4.69) is 31.2 Å². The van der Waals surface area contributed by atoms with E-state index in [1.54, 1.807) is 12.1 Å². The Kier molecular flexibility index (Phi) is 7.94. The Balaban J connectivity index is 1.77. The molecule has 0 saturated heterocycles. The van der Waals surface area contributed by atoms with Gasteiger partial charge >= 0.3 is 5.97 Å². The van der Waals surface area contributed by atoms with Crippen molar-refractivity contribution in [1.82, 2.24) is 0 Å². The van der Waals surface area contributed by atoms with Gasteiger partial charge in [-0.15, -0.1) is 0 Å². The smallest absolute Gasteiger partial charge is 0.341 e. The third kappa shape index (κ3) is 5.57. The average Bonchev–Trinajstić information content (AvgIpc) is 2.80. The Morgan fingerprint density at radius 3 is 1.97 bits per heavy atom. The van der Waals surface area contributed by atoms with Crippen LogP contribution in [-0.2, 0) is 11.2 Å². The van der Waals surface area contributed by atoms with Crippen molar-refractivity contribution in [3.8, 4) is 22.3 Å². The van der Waals surface area contributed by atoms with E-state index in [0.29, 0.717) is 12.0 Å². The lowest BCUT2D eigenvalue weighted by atomic mass is 9.97. The molecule has 0 bridgehead atoms. The van der Waals surface area contributed by atoms with Crippen LogP contribution in [0.1, 0.15) is 55.5 Å². The minimum atomic E-state index is -1.18. The van der Waals surface area contributed by atoms with Gasteiger partial charge in [0.2, 0.25) is 0 Å². The highest BCUT2D eigenvalue weighted by atomic mass is 19.2. The second-order valence-corrected chi connectivity index (χ2v) is 7.66. The van der Waals surface area contributed by atoms with Crippen LogP contribution in [0.3, 0.4) is 0 Å². The van der Waals surface area contributed by atoms with Crippen molar-refractivity contribution in [2.45, 2.75) is 46.0 Å². The Labute approximate surface area is 182 Å².